The van der Waals surface area contributed by atoms with Gasteiger partial charge in [-0.05, 0) is 18.6 Å². The van der Waals surface area contributed by atoms with E-state index in [1.54, 1.807) is 36.6 Å². The summed E-state index contributed by atoms with van der Waals surface area (Å²) in [5.74, 6) is -0.178. The van der Waals surface area contributed by atoms with Crippen molar-refractivity contribution in [1.29, 1.82) is 0 Å². The number of anilines is 1. The zero-order valence-corrected chi connectivity index (χ0v) is 19.4. The molecular formula is C21H20ClNO6S2. The van der Waals surface area contributed by atoms with Crippen molar-refractivity contribution < 1.29 is 27.4 Å². The summed E-state index contributed by atoms with van der Waals surface area (Å²) in [6.07, 6.45) is 0. The molecule has 0 bridgehead atoms. The van der Waals surface area contributed by atoms with Gasteiger partial charge in [0.25, 0.3) is 10.0 Å². The maximum Gasteiger partial charge on any atom is 0.349 e. The number of ether oxygens (including phenoxy) is 3. The van der Waals surface area contributed by atoms with E-state index >= 15 is 0 Å². The van der Waals surface area contributed by atoms with Crippen LogP contribution in [0.3, 0.4) is 0 Å². The second kappa shape index (κ2) is 9.59. The Morgan fingerprint density at radius 1 is 1.10 bits per heavy atom. The molecule has 0 saturated carbocycles. The zero-order valence-electron chi connectivity index (χ0n) is 17.0. The molecule has 1 N–H and O–H groups in total. The number of methoxy groups -OCH3 is 2. The molecule has 1 aromatic heterocycles. The van der Waals surface area contributed by atoms with Crippen LogP contribution in [0, 0.1) is 0 Å². The standard InChI is InChI=1S/C21H20ClNO6S2/c1-4-29-21(24)19-20(14(12-30-19)13-8-6-5-7-9-13)31(25,26)23-16-10-15(22)17(27-2)11-18(16)28-3/h5-12,23H,4H2,1-3H3. The van der Waals surface area contributed by atoms with Gasteiger partial charge >= 0.3 is 5.97 Å². The van der Waals surface area contributed by atoms with Gasteiger partial charge in [-0.1, -0.05) is 41.9 Å². The Balaban J connectivity index is 2.15. The molecular weight excluding hydrogens is 462 g/mol. The van der Waals surface area contributed by atoms with Crippen LogP contribution >= 0.6 is 22.9 Å². The van der Waals surface area contributed by atoms with E-state index in [0.717, 1.165) is 11.3 Å². The van der Waals surface area contributed by atoms with Crippen molar-refractivity contribution >= 4 is 44.6 Å². The molecule has 7 nitrogen and oxygen atoms in total. The molecule has 0 aliphatic heterocycles. The Bertz CT molecular complexity index is 1190. The predicted octanol–water partition coefficient (Wildman–Crippen LogP) is 5.06. The van der Waals surface area contributed by atoms with Gasteiger partial charge in [0.1, 0.15) is 21.3 Å². The van der Waals surface area contributed by atoms with Gasteiger partial charge in [0.05, 0.1) is 31.5 Å². The predicted molar refractivity (Wildman–Crippen MR) is 121 cm³/mol. The first-order valence-corrected chi connectivity index (χ1v) is 11.8. The van der Waals surface area contributed by atoms with Gasteiger partial charge in [0.15, 0.2) is 0 Å². The summed E-state index contributed by atoms with van der Waals surface area (Å²) in [5, 5.41) is 1.81. The number of carbonyl (C=O) groups excluding carboxylic acids is 1. The van der Waals surface area contributed by atoms with Gasteiger partial charge in [0.2, 0.25) is 0 Å². The van der Waals surface area contributed by atoms with Gasteiger partial charge in [-0.2, -0.15) is 0 Å². The first kappa shape index (κ1) is 22.9. The summed E-state index contributed by atoms with van der Waals surface area (Å²) in [6, 6.07) is 11.8. The van der Waals surface area contributed by atoms with E-state index < -0.39 is 16.0 Å². The van der Waals surface area contributed by atoms with Crippen molar-refractivity contribution in [2.24, 2.45) is 0 Å². The highest BCUT2D eigenvalue weighted by molar-refractivity contribution is 7.93. The minimum atomic E-state index is -4.23. The molecule has 0 saturated heterocycles. The molecule has 0 aliphatic rings. The van der Waals surface area contributed by atoms with E-state index in [0.29, 0.717) is 16.9 Å². The van der Waals surface area contributed by atoms with Crippen molar-refractivity contribution in [3.63, 3.8) is 0 Å². The van der Waals surface area contributed by atoms with Crippen LogP contribution in [0.4, 0.5) is 5.69 Å². The summed E-state index contributed by atoms with van der Waals surface area (Å²) >= 11 is 7.18. The topological polar surface area (TPSA) is 90.9 Å². The smallest absolute Gasteiger partial charge is 0.349 e. The summed E-state index contributed by atoms with van der Waals surface area (Å²) in [7, 11) is -1.40. The molecule has 0 radical (unpaired) electrons. The van der Waals surface area contributed by atoms with E-state index in [4.69, 9.17) is 25.8 Å². The lowest BCUT2D eigenvalue weighted by Gasteiger charge is -2.15. The lowest BCUT2D eigenvalue weighted by Crippen LogP contribution is -2.17. The minimum absolute atomic E-state index is 0.0215. The molecule has 31 heavy (non-hydrogen) atoms. The SMILES string of the molecule is CCOC(=O)c1scc(-c2ccccc2)c1S(=O)(=O)Nc1cc(Cl)c(OC)cc1OC. The van der Waals surface area contributed by atoms with Crippen LogP contribution in [-0.4, -0.2) is 35.2 Å². The third-order valence-electron chi connectivity index (χ3n) is 4.28. The highest BCUT2D eigenvalue weighted by Crippen LogP contribution is 2.40. The average molecular weight is 482 g/mol. The van der Waals surface area contributed by atoms with E-state index in [2.05, 4.69) is 4.72 Å². The first-order valence-electron chi connectivity index (χ1n) is 9.10. The maximum absolute atomic E-state index is 13.5. The van der Waals surface area contributed by atoms with Crippen LogP contribution in [0.1, 0.15) is 16.6 Å². The van der Waals surface area contributed by atoms with Crippen LogP contribution in [0.2, 0.25) is 5.02 Å². The van der Waals surface area contributed by atoms with Crippen LogP contribution in [-0.2, 0) is 14.8 Å². The van der Waals surface area contributed by atoms with E-state index in [1.165, 1.54) is 26.4 Å². The lowest BCUT2D eigenvalue weighted by atomic mass is 10.1. The number of hydrogen-bond donors (Lipinski definition) is 1. The lowest BCUT2D eigenvalue weighted by molar-refractivity contribution is 0.0528. The summed E-state index contributed by atoms with van der Waals surface area (Å²) in [6.45, 7) is 1.77. The number of nitrogens with one attached hydrogen (secondary N) is 1. The number of sulfonamides is 1. The molecule has 0 atom stereocenters. The minimum Gasteiger partial charge on any atom is -0.495 e. The van der Waals surface area contributed by atoms with E-state index in [9.17, 15) is 13.2 Å². The number of rotatable bonds is 8. The zero-order chi connectivity index (χ0) is 22.6. The van der Waals surface area contributed by atoms with Crippen LogP contribution in [0.5, 0.6) is 11.5 Å². The fourth-order valence-electron chi connectivity index (χ4n) is 2.90. The molecule has 1 heterocycles. The van der Waals surface area contributed by atoms with E-state index in [-0.39, 0.29) is 32.8 Å². The van der Waals surface area contributed by atoms with Crippen molar-refractivity contribution in [2.45, 2.75) is 11.8 Å². The van der Waals surface area contributed by atoms with Gasteiger partial charge in [0, 0.05) is 17.0 Å². The first-order chi connectivity index (χ1) is 14.8. The fourth-order valence-corrected chi connectivity index (χ4v) is 5.90. The molecule has 10 heteroatoms. The number of benzene rings is 2. The van der Waals surface area contributed by atoms with Crippen molar-refractivity contribution in [3.05, 3.63) is 57.7 Å². The molecule has 0 aliphatic carbocycles. The van der Waals surface area contributed by atoms with Crippen LogP contribution in [0.25, 0.3) is 11.1 Å². The number of esters is 1. The van der Waals surface area contributed by atoms with Crippen LogP contribution in [0.15, 0.2) is 52.7 Å². The molecule has 0 amide bonds. The number of halogens is 1. The quantitative estimate of drug-likeness (QED) is 0.452. The Morgan fingerprint density at radius 3 is 2.39 bits per heavy atom. The second-order valence-electron chi connectivity index (χ2n) is 6.19. The fraction of sp³-hybridized carbons (Fsp3) is 0.190. The largest absolute Gasteiger partial charge is 0.495 e. The number of hydrogen-bond acceptors (Lipinski definition) is 7. The van der Waals surface area contributed by atoms with Gasteiger partial charge in [-0.15, -0.1) is 11.3 Å². The van der Waals surface area contributed by atoms with Crippen LogP contribution < -0.4 is 14.2 Å². The molecule has 164 valence electrons. The third-order valence-corrected chi connectivity index (χ3v) is 7.11. The summed E-state index contributed by atoms with van der Waals surface area (Å²) < 4.78 is 44.9. The summed E-state index contributed by atoms with van der Waals surface area (Å²) in [4.78, 5) is 12.3. The normalized spacial score (nSPS) is 11.1. The Kier molecular flexibility index (Phi) is 7.09. The number of carbonyl (C=O) groups is 1. The monoisotopic (exact) mass is 481 g/mol. The highest BCUT2D eigenvalue weighted by Gasteiger charge is 2.31. The average Bonchev–Trinajstić information content (AvgIpc) is 3.21. The molecule has 0 spiro atoms. The Hall–Kier alpha value is -2.75. The van der Waals surface area contributed by atoms with Gasteiger partial charge in [-0.3, -0.25) is 4.72 Å². The Morgan fingerprint density at radius 2 is 1.77 bits per heavy atom. The Labute approximate surface area is 189 Å². The summed E-state index contributed by atoms with van der Waals surface area (Å²) in [5.41, 5.74) is 1.14. The van der Waals surface area contributed by atoms with E-state index in [1.807, 2.05) is 6.07 Å². The molecule has 3 aromatic rings. The second-order valence-corrected chi connectivity index (χ2v) is 9.09. The van der Waals surface area contributed by atoms with Gasteiger partial charge < -0.3 is 14.2 Å². The van der Waals surface area contributed by atoms with Gasteiger partial charge in [-0.25, -0.2) is 13.2 Å². The number of thiophene rings is 1. The van der Waals surface area contributed by atoms with Crippen molar-refractivity contribution in [3.8, 4) is 22.6 Å². The maximum atomic E-state index is 13.5. The molecule has 2 aromatic carbocycles. The van der Waals surface area contributed by atoms with Crippen molar-refractivity contribution in [1.82, 2.24) is 0 Å². The highest BCUT2D eigenvalue weighted by atomic mass is 35.5. The third kappa shape index (κ3) is 4.79. The molecule has 3 rings (SSSR count). The molecule has 0 unspecified atom stereocenters. The van der Waals surface area contributed by atoms with Crippen molar-refractivity contribution in [2.75, 3.05) is 25.5 Å². The molecule has 0 fully saturated rings.